The smallest absolute Gasteiger partial charge is 0.0702 e. The van der Waals surface area contributed by atoms with E-state index in [1.807, 2.05) is 18.4 Å². The van der Waals surface area contributed by atoms with E-state index in [1.165, 1.54) is 34.6 Å². The molecule has 1 unspecified atom stereocenters. The van der Waals surface area contributed by atoms with Crippen molar-refractivity contribution in [2.24, 2.45) is 0 Å². The molecular formula is C15H26N2OS. The molecule has 1 N–H and O–H groups in total. The Morgan fingerprint density at radius 1 is 1.47 bits per heavy atom. The Labute approximate surface area is 121 Å². The molecule has 0 aromatic carbocycles. The maximum Gasteiger partial charge on any atom is 0.0702 e. The van der Waals surface area contributed by atoms with Gasteiger partial charge in [0, 0.05) is 36.0 Å². The van der Waals surface area contributed by atoms with Crippen LogP contribution in [0.15, 0.2) is 6.07 Å². The predicted octanol–water partition coefficient (Wildman–Crippen LogP) is 2.78. The molecule has 0 spiro atoms. The molecule has 0 saturated carbocycles. The molecule has 2 heterocycles. The highest BCUT2D eigenvalue weighted by Crippen LogP contribution is 2.23. The fourth-order valence-corrected chi connectivity index (χ4v) is 3.73. The van der Waals surface area contributed by atoms with Crippen LogP contribution >= 0.6 is 11.3 Å². The maximum atomic E-state index is 5.81. The first-order valence-corrected chi connectivity index (χ1v) is 8.03. The second kappa shape index (κ2) is 7.39. The number of ether oxygens (including phenoxy) is 1. The van der Waals surface area contributed by atoms with Crippen molar-refractivity contribution < 1.29 is 4.74 Å². The third-order valence-corrected chi connectivity index (χ3v) is 4.74. The number of hydrogen-bond acceptors (Lipinski definition) is 4. The van der Waals surface area contributed by atoms with Gasteiger partial charge in [0.05, 0.1) is 6.10 Å². The number of likely N-dealkylation sites (N-methyl/N-ethyl adjacent to an activating group) is 1. The van der Waals surface area contributed by atoms with Gasteiger partial charge in [0.25, 0.3) is 0 Å². The third-order valence-electron chi connectivity index (χ3n) is 3.65. The molecule has 4 heteroatoms. The van der Waals surface area contributed by atoms with Crippen molar-refractivity contribution in [3.63, 3.8) is 0 Å². The molecule has 1 aromatic heterocycles. The van der Waals surface area contributed by atoms with Crippen LogP contribution in [0, 0.1) is 6.92 Å². The molecule has 0 bridgehead atoms. The first-order chi connectivity index (χ1) is 9.19. The highest BCUT2D eigenvalue weighted by molar-refractivity contribution is 7.12. The fourth-order valence-electron chi connectivity index (χ4n) is 2.66. The van der Waals surface area contributed by atoms with Gasteiger partial charge in [-0.15, -0.1) is 11.3 Å². The van der Waals surface area contributed by atoms with Crippen molar-refractivity contribution in [3.8, 4) is 0 Å². The largest absolute Gasteiger partial charge is 0.377 e. The lowest BCUT2D eigenvalue weighted by atomic mass is 10.1. The van der Waals surface area contributed by atoms with E-state index in [0.717, 1.165) is 26.2 Å². The quantitative estimate of drug-likeness (QED) is 0.868. The average molecular weight is 282 g/mol. The summed E-state index contributed by atoms with van der Waals surface area (Å²) in [6, 6.07) is 2.34. The minimum Gasteiger partial charge on any atom is -0.377 e. The number of thiophene rings is 1. The Hall–Kier alpha value is -0.420. The number of rotatable bonds is 6. The van der Waals surface area contributed by atoms with E-state index in [1.54, 1.807) is 0 Å². The van der Waals surface area contributed by atoms with Crippen LogP contribution in [0.25, 0.3) is 0 Å². The van der Waals surface area contributed by atoms with Crippen LogP contribution in [0.5, 0.6) is 0 Å². The molecule has 3 nitrogen and oxygen atoms in total. The number of hydrogen-bond donors (Lipinski definition) is 1. The van der Waals surface area contributed by atoms with E-state index >= 15 is 0 Å². The lowest BCUT2D eigenvalue weighted by Gasteiger charge is -2.27. The van der Waals surface area contributed by atoms with Crippen molar-refractivity contribution in [2.45, 2.75) is 45.4 Å². The molecule has 0 aliphatic carbocycles. The molecule has 1 saturated heterocycles. The van der Waals surface area contributed by atoms with Crippen molar-refractivity contribution in [3.05, 3.63) is 21.4 Å². The Morgan fingerprint density at radius 3 is 3.00 bits per heavy atom. The fraction of sp³-hybridized carbons (Fsp3) is 0.733. The lowest BCUT2D eigenvalue weighted by Crippen LogP contribution is -2.33. The van der Waals surface area contributed by atoms with Crippen LogP contribution in [0.3, 0.4) is 0 Å². The van der Waals surface area contributed by atoms with Crippen molar-refractivity contribution >= 4 is 11.3 Å². The molecule has 1 aliphatic heterocycles. The number of aryl methyl sites for hydroxylation is 1. The number of nitrogens with one attached hydrogen (secondary N) is 1. The summed E-state index contributed by atoms with van der Waals surface area (Å²) in [7, 11) is 4.20. The first kappa shape index (κ1) is 15.0. The summed E-state index contributed by atoms with van der Waals surface area (Å²) in [5.41, 5.74) is 1.47. The van der Waals surface area contributed by atoms with Crippen LogP contribution in [0.2, 0.25) is 0 Å². The highest BCUT2D eigenvalue weighted by Gasteiger charge is 2.16. The molecule has 19 heavy (non-hydrogen) atoms. The molecule has 108 valence electrons. The number of nitrogens with zero attached hydrogens (tertiary/aromatic N) is 1. The lowest BCUT2D eigenvalue weighted by molar-refractivity contribution is -0.00259. The van der Waals surface area contributed by atoms with Crippen LogP contribution < -0.4 is 5.32 Å². The molecule has 2 rings (SSSR count). The van der Waals surface area contributed by atoms with Crippen molar-refractivity contribution in [1.29, 1.82) is 0 Å². The van der Waals surface area contributed by atoms with Crippen LogP contribution in [0.4, 0.5) is 0 Å². The normalized spacial score (nSPS) is 20.1. The predicted molar refractivity (Wildman–Crippen MR) is 81.7 cm³/mol. The van der Waals surface area contributed by atoms with Crippen molar-refractivity contribution in [1.82, 2.24) is 10.2 Å². The van der Waals surface area contributed by atoms with Gasteiger partial charge in [0.15, 0.2) is 0 Å². The summed E-state index contributed by atoms with van der Waals surface area (Å²) < 4.78 is 5.81. The summed E-state index contributed by atoms with van der Waals surface area (Å²) >= 11 is 1.91. The Kier molecular flexibility index (Phi) is 5.82. The van der Waals surface area contributed by atoms with Gasteiger partial charge >= 0.3 is 0 Å². The molecular weight excluding hydrogens is 256 g/mol. The van der Waals surface area contributed by atoms with Crippen LogP contribution in [-0.2, 0) is 17.8 Å². The average Bonchev–Trinajstić information content (AvgIpc) is 2.71. The summed E-state index contributed by atoms with van der Waals surface area (Å²) in [6.45, 7) is 6.23. The Morgan fingerprint density at radius 2 is 2.32 bits per heavy atom. The minimum atomic E-state index is 0.439. The second-order valence-corrected chi connectivity index (χ2v) is 6.85. The van der Waals surface area contributed by atoms with Crippen LogP contribution in [0.1, 0.15) is 34.6 Å². The van der Waals surface area contributed by atoms with E-state index in [4.69, 9.17) is 4.74 Å². The summed E-state index contributed by atoms with van der Waals surface area (Å²) in [6.07, 6.45) is 4.21. The molecule has 1 aromatic rings. The molecule has 0 radical (unpaired) electrons. The van der Waals surface area contributed by atoms with Gasteiger partial charge in [-0.25, -0.2) is 0 Å². The van der Waals surface area contributed by atoms with Gasteiger partial charge < -0.3 is 10.1 Å². The summed E-state index contributed by atoms with van der Waals surface area (Å²) in [4.78, 5) is 5.27. The van der Waals surface area contributed by atoms with Gasteiger partial charge in [0.2, 0.25) is 0 Å². The van der Waals surface area contributed by atoms with E-state index in [0.29, 0.717) is 6.10 Å². The Bertz CT molecular complexity index is 385. The van der Waals surface area contributed by atoms with Crippen molar-refractivity contribution in [2.75, 3.05) is 27.2 Å². The van der Waals surface area contributed by atoms with Gasteiger partial charge in [-0.05, 0) is 51.9 Å². The zero-order valence-corrected chi connectivity index (χ0v) is 13.2. The molecule has 1 atom stereocenters. The monoisotopic (exact) mass is 282 g/mol. The zero-order chi connectivity index (χ0) is 13.7. The highest BCUT2D eigenvalue weighted by atomic mass is 32.1. The van der Waals surface area contributed by atoms with Gasteiger partial charge in [-0.1, -0.05) is 0 Å². The third kappa shape index (κ3) is 4.56. The standard InChI is InChI=1S/C15H26N2OS/c1-12-13(8-15(19-12)9-16-2)10-17(3)11-14-6-4-5-7-18-14/h8,14,16H,4-7,9-11H2,1-3H3. The van der Waals surface area contributed by atoms with E-state index in [9.17, 15) is 0 Å². The topological polar surface area (TPSA) is 24.5 Å². The molecule has 1 aliphatic rings. The van der Waals surface area contributed by atoms with Gasteiger partial charge in [-0.2, -0.15) is 0 Å². The van der Waals surface area contributed by atoms with Gasteiger partial charge in [-0.3, -0.25) is 4.90 Å². The maximum absolute atomic E-state index is 5.81. The Balaban J connectivity index is 1.85. The summed E-state index contributed by atoms with van der Waals surface area (Å²) in [5.74, 6) is 0. The van der Waals surface area contributed by atoms with E-state index < -0.39 is 0 Å². The van der Waals surface area contributed by atoms with Gasteiger partial charge in [0.1, 0.15) is 0 Å². The van der Waals surface area contributed by atoms with Crippen LogP contribution in [-0.4, -0.2) is 38.3 Å². The molecule has 1 fully saturated rings. The molecule has 0 amide bonds. The minimum absolute atomic E-state index is 0.439. The SMILES string of the molecule is CNCc1cc(CN(C)CC2CCCCO2)c(C)s1. The summed E-state index contributed by atoms with van der Waals surface area (Å²) in [5, 5.41) is 3.22. The first-order valence-electron chi connectivity index (χ1n) is 7.22. The second-order valence-electron chi connectivity index (χ2n) is 5.51. The zero-order valence-electron chi connectivity index (χ0n) is 12.4. The van der Waals surface area contributed by atoms with E-state index in [-0.39, 0.29) is 0 Å². The van der Waals surface area contributed by atoms with E-state index in [2.05, 4.69) is 30.3 Å².